The van der Waals surface area contributed by atoms with Crippen LogP contribution in [0.4, 0.5) is 17.3 Å². The van der Waals surface area contributed by atoms with Gasteiger partial charge in [0.25, 0.3) is 0 Å². The summed E-state index contributed by atoms with van der Waals surface area (Å²) in [5.74, 6) is -0.0655. The minimum absolute atomic E-state index is 0. The molecule has 0 radical (unpaired) electrons. The first-order valence-electron chi connectivity index (χ1n) is 5.62. The molecule has 0 aromatic heterocycles. The van der Waals surface area contributed by atoms with Crippen LogP contribution in [0, 0.1) is 5.82 Å². The Balaban J connectivity index is 0.00000200. The smallest absolute Gasteiger partial charge is 0.489 e. The summed E-state index contributed by atoms with van der Waals surface area (Å²) >= 11 is 0. The van der Waals surface area contributed by atoms with Crippen molar-refractivity contribution in [1.29, 1.82) is 0 Å². The molecular formula is C13H10BF4KO. The Morgan fingerprint density at radius 3 is 2.15 bits per heavy atom. The normalized spacial score (nSPS) is 10.8. The van der Waals surface area contributed by atoms with Gasteiger partial charge in [0.2, 0.25) is 0 Å². The molecule has 0 saturated heterocycles. The van der Waals surface area contributed by atoms with Crippen molar-refractivity contribution in [2.75, 3.05) is 0 Å². The van der Waals surface area contributed by atoms with Gasteiger partial charge in [-0.05, 0) is 29.8 Å². The average Bonchev–Trinajstić information content (AvgIpc) is 2.36. The molecular weight excluding hydrogens is 298 g/mol. The zero-order chi connectivity index (χ0) is 13.9. The molecule has 1 nitrogen and oxygen atoms in total. The summed E-state index contributed by atoms with van der Waals surface area (Å²) in [5.41, 5.74) is -0.0535. The van der Waals surface area contributed by atoms with E-state index < -0.39 is 12.4 Å². The van der Waals surface area contributed by atoms with Crippen molar-refractivity contribution < 1.29 is 73.5 Å². The number of halogens is 4. The fourth-order valence-corrected chi connectivity index (χ4v) is 1.58. The molecule has 2 aromatic carbocycles. The molecule has 0 N–H and O–H groups in total. The van der Waals surface area contributed by atoms with Crippen LogP contribution in [0.25, 0.3) is 0 Å². The Morgan fingerprint density at radius 1 is 0.950 bits per heavy atom. The molecule has 0 fully saturated rings. The molecule has 0 amide bonds. The predicted octanol–water partition coefficient (Wildman–Crippen LogP) is 0.463. The van der Waals surface area contributed by atoms with E-state index in [-0.39, 0.29) is 63.8 Å². The summed E-state index contributed by atoms with van der Waals surface area (Å²) in [5, 5.41) is 0. The van der Waals surface area contributed by atoms with E-state index in [4.69, 9.17) is 4.74 Å². The van der Waals surface area contributed by atoms with E-state index in [0.29, 0.717) is 11.3 Å². The minimum atomic E-state index is -4.99. The molecule has 2 rings (SSSR count). The van der Waals surface area contributed by atoms with Gasteiger partial charge in [-0.2, -0.15) is 0 Å². The van der Waals surface area contributed by atoms with Gasteiger partial charge in [0.15, 0.2) is 0 Å². The van der Waals surface area contributed by atoms with Crippen LogP contribution >= 0.6 is 0 Å². The van der Waals surface area contributed by atoms with Crippen molar-refractivity contribution >= 4 is 12.4 Å². The van der Waals surface area contributed by atoms with Crippen LogP contribution in [-0.2, 0) is 6.61 Å². The van der Waals surface area contributed by atoms with Gasteiger partial charge in [-0.25, -0.2) is 4.39 Å². The van der Waals surface area contributed by atoms with Crippen LogP contribution in [0.1, 0.15) is 5.56 Å². The van der Waals surface area contributed by atoms with E-state index in [9.17, 15) is 17.3 Å². The van der Waals surface area contributed by atoms with Crippen molar-refractivity contribution in [2.24, 2.45) is 0 Å². The molecule has 0 bridgehead atoms. The fraction of sp³-hybridized carbons (Fsp3) is 0.0769. The van der Waals surface area contributed by atoms with Crippen LogP contribution in [0.15, 0.2) is 48.5 Å². The summed E-state index contributed by atoms with van der Waals surface area (Å²) in [7, 11) is 0. The van der Waals surface area contributed by atoms with Gasteiger partial charge < -0.3 is 17.7 Å². The first kappa shape index (κ1) is 17.7. The van der Waals surface area contributed by atoms with E-state index in [1.807, 2.05) is 0 Å². The molecule has 20 heavy (non-hydrogen) atoms. The predicted molar refractivity (Wildman–Crippen MR) is 65.9 cm³/mol. The van der Waals surface area contributed by atoms with Crippen LogP contribution in [0.5, 0.6) is 5.75 Å². The fourth-order valence-electron chi connectivity index (χ4n) is 1.58. The number of hydrogen-bond acceptors (Lipinski definition) is 1. The van der Waals surface area contributed by atoms with Gasteiger partial charge in [0.1, 0.15) is 18.2 Å². The third-order valence-corrected chi connectivity index (χ3v) is 2.55. The molecule has 0 spiro atoms. The van der Waals surface area contributed by atoms with Gasteiger partial charge in [-0.1, -0.05) is 24.3 Å². The average molecular weight is 308 g/mol. The van der Waals surface area contributed by atoms with Gasteiger partial charge in [-0.15, -0.1) is 5.46 Å². The molecule has 0 unspecified atom stereocenters. The monoisotopic (exact) mass is 308 g/mol. The third-order valence-electron chi connectivity index (χ3n) is 2.55. The van der Waals surface area contributed by atoms with Crippen LogP contribution in [0.3, 0.4) is 0 Å². The largest absolute Gasteiger partial charge is 1.00 e. The summed E-state index contributed by atoms with van der Waals surface area (Å²) in [4.78, 5) is 0. The Kier molecular flexibility index (Phi) is 6.74. The van der Waals surface area contributed by atoms with Gasteiger partial charge in [0, 0.05) is 0 Å². The zero-order valence-corrected chi connectivity index (χ0v) is 13.9. The molecule has 100 valence electrons. The Bertz CT molecular complexity index is 557. The number of benzene rings is 2. The maximum Gasteiger partial charge on any atom is 1.00 e. The second kappa shape index (κ2) is 7.61. The number of ether oxygens (including phenoxy) is 1. The summed E-state index contributed by atoms with van der Waals surface area (Å²) in [6.07, 6.45) is 0. The maximum atomic E-state index is 12.9. The van der Waals surface area contributed by atoms with E-state index >= 15 is 0 Å². The Morgan fingerprint density at radius 2 is 1.60 bits per heavy atom. The summed E-state index contributed by atoms with van der Waals surface area (Å²) < 4.78 is 55.4. The van der Waals surface area contributed by atoms with Crippen LogP contribution in [0.2, 0.25) is 0 Å². The first-order chi connectivity index (χ1) is 8.95. The topological polar surface area (TPSA) is 9.23 Å². The zero-order valence-electron chi connectivity index (χ0n) is 10.8. The van der Waals surface area contributed by atoms with E-state index in [2.05, 4.69) is 0 Å². The molecule has 0 saturated carbocycles. The van der Waals surface area contributed by atoms with Crippen molar-refractivity contribution in [3.05, 3.63) is 59.9 Å². The molecule has 0 aliphatic heterocycles. The standard InChI is InChI=1S/C13H10BF4O.K/c15-12-3-1-2-10(8-12)9-19-13-6-4-11(5-7-13)14(16,17)18;/h1-8H,9H2;/q-1;+1. The van der Waals surface area contributed by atoms with Crippen LogP contribution in [-0.4, -0.2) is 6.98 Å². The number of rotatable bonds is 4. The van der Waals surface area contributed by atoms with Crippen molar-refractivity contribution in [1.82, 2.24) is 0 Å². The Hall–Kier alpha value is -0.339. The summed E-state index contributed by atoms with van der Waals surface area (Å²) in [6, 6.07) is 10.3. The molecule has 0 aliphatic carbocycles. The van der Waals surface area contributed by atoms with Gasteiger partial charge in [-0.3, -0.25) is 0 Å². The summed E-state index contributed by atoms with van der Waals surface area (Å²) in [6.45, 7) is -4.88. The van der Waals surface area contributed by atoms with E-state index in [1.54, 1.807) is 12.1 Å². The SMILES string of the molecule is Fc1cccc(COc2ccc([B-](F)(F)F)cc2)c1.[K+]. The van der Waals surface area contributed by atoms with E-state index in [1.165, 1.54) is 24.3 Å². The molecule has 0 aliphatic rings. The van der Waals surface area contributed by atoms with Crippen molar-refractivity contribution in [2.45, 2.75) is 6.61 Å². The molecule has 0 atom stereocenters. The Labute approximate surface area is 156 Å². The third kappa shape index (κ3) is 5.22. The number of hydrogen-bond donors (Lipinski definition) is 0. The molecule has 2 aromatic rings. The van der Waals surface area contributed by atoms with Gasteiger partial charge >= 0.3 is 58.4 Å². The van der Waals surface area contributed by atoms with Crippen LogP contribution < -0.4 is 61.6 Å². The minimum Gasteiger partial charge on any atom is -0.489 e. The second-order valence-corrected chi connectivity index (χ2v) is 4.06. The van der Waals surface area contributed by atoms with Crippen molar-refractivity contribution in [3.63, 3.8) is 0 Å². The first-order valence-corrected chi connectivity index (χ1v) is 5.62. The maximum absolute atomic E-state index is 12.9. The quantitative estimate of drug-likeness (QED) is 0.589. The van der Waals surface area contributed by atoms with Crippen molar-refractivity contribution in [3.8, 4) is 5.75 Å². The molecule has 0 heterocycles. The van der Waals surface area contributed by atoms with E-state index in [0.717, 1.165) is 12.1 Å². The second-order valence-electron chi connectivity index (χ2n) is 4.06. The van der Waals surface area contributed by atoms with Gasteiger partial charge in [0.05, 0.1) is 0 Å². The molecule has 7 heteroatoms.